The number of halogens is 6. The number of carboxylic acid groups (broad SMARTS) is 2. The molecule has 3 unspecified atom stereocenters. The highest BCUT2D eigenvalue weighted by Crippen LogP contribution is 2.31. The standard InChI is InChI=1S/C9H16N2.2C2HF3O2/c10-4-7-2-1-3-8-5-11-6-9(7)8;2*3-2(4,5)1(6)7/h1,3,7-9,11H,2,4-6,10H2;2*(H,6,7). The zero-order valence-corrected chi connectivity index (χ0v) is 12.8. The van der Waals surface area contributed by atoms with Crippen LogP contribution in [0.3, 0.4) is 0 Å². The van der Waals surface area contributed by atoms with Crippen LogP contribution in [0, 0.1) is 17.8 Å². The Bertz CT molecular complexity index is 454. The van der Waals surface area contributed by atoms with Crippen molar-refractivity contribution in [1.82, 2.24) is 5.32 Å². The molecule has 2 rings (SSSR count). The third-order valence-corrected chi connectivity index (χ3v) is 3.53. The number of alkyl halides is 6. The van der Waals surface area contributed by atoms with E-state index >= 15 is 0 Å². The summed E-state index contributed by atoms with van der Waals surface area (Å²) in [4.78, 5) is 17.8. The summed E-state index contributed by atoms with van der Waals surface area (Å²) in [6.07, 6.45) is -4.32. The summed E-state index contributed by atoms with van der Waals surface area (Å²) >= 11 is 0. The Hall–Kier alpha value is -1.82. The molecule has 3 atom stereocenters. The number of hydrogen-bond acceptors (Lipinski definition) is 4. The number of carbonyl (C=O) groups is 2. The van der Waals surface area contributed by atoms with Gasteiger partial charge < -0.3 is 21.3 Å². The molecule has 0 radical (unpaired) electrons. The predicted octanol–water partition coefficient (Wildman–Crippen LogP) is 1.62. The number of allylic oxidation sites excluding steroid dienone is 1. The molecule has 1 heterocycles. The Kier molecular flexibility index (Phi) is 8.91. The molecule has 0 saturated carbocycles. The van der Waals surface area contributed by atoms with Gasteiger partial charge in [-0.05, 0) is 37.3 Å². The number of carboxylic acids is 2. The van der Waals surface area contributed by atoms with Gasteiger partial charge in [0.2, 0.25) is 0 Å². The average molecular weight is 380 g/mol. The van der Waals surface area contributed by atoms with Gasteiger partial charge in [-0.2, -0.15) is 26.3 Å². The van der Waals surface area contributed by atoms with Crippen molar-refractivity contribution in [3.63, 3.8) is 0 Å². The van der Waals surface area contributed by atoms with Crippen LogP contribution >= 0.6 is 0 Å². The van der Waals surface area contributed by atoms with E-state index in [0.29, 0.717) is 0 Å². The minimum Gasteiger partial charge on any atom is -0.475 e. The maximum absolute atomic E-state index is 10.6. The zero-order valence-electron chi connectivity index (χ0n) is 12.8. The van der Waals surface area contributed by atoms with E-state index in [0.717, 1.165) is 30.8 Å². The smallest absolute Gasteiger partial charge is 0.475 e. The maximum atomic E-state index is 10.6. The zero-order chi connectivity index (χ0) is 19.8. The lowest BCUT2D eigenvalue weighted by molar-refractivity contribution is -0.193. The quantitative estimate of drug-likeness (QED) is 0.406. The molecule has 12 heteroatoms. The minimum absolute atomic E-state index is 0.736. The van der Waals surface area contributed by atoms with E-state index in [-0.39, 0.29) is 0 Å². The van der Waals surface area contributed by atoms with Crippen LogP contribution in [0.2, 0.25) is 0 Å². The van der Waals surface area contributed by atoms with Gasteiger partial charge in [0, 0.05) is 6.54 Å². The summed E-state index contributed by atoms with van der Waals surface area (Å²) in [7, 11) is 0. The largest absolute Gasteiger partial charge is 0.490 e. The van der Waals surface area contributed by atoms with Crippen molar-refractivity contribution in [3.05, 3.63) is 12.2 Å². The Morgan fingerprint density at radius 1 is 1.04 bits per heavy atom. The van der Waals surface area contributed by atoms with E-state index in [1.165, 1.54) is 13.0 Å². The number of fused-ring (bicyclic) bond motifs is 1. The molecule has 0 amide bonds. The van der Waals surface area contributed by atoms with Gasteiger partial charge in [-0.15, -0.1) is 0 Å². The summed E-state index contributed by atoms with van der Waals surface area (Å²) in [5.41, 5.74) is 5.70. The van der Waals surface area contributed by atoms with Crippen LogP contribution in [0.15, 0.2) is 12.2 Å². The molecule has 146 valence electrons. The predicted molar refractivity (Wildman–Crippen MR) is 73.5 cm³/mol. The Morgan fingerprint density at radius 3 is 1.84 bits per heavy atom. The van der Waals surface area contributed by atoms with Crippen molar-refractivity contribution >= 4 is 11.9 Å². The second-order valence-electron chi connectivity index (χ2n) is 5.25. The molecule has 0 bridgehead atoms. The van der Waals surface area contributed by atoms with Crippen molar-refractivity contribution in [2.24, 2.45) is 23.5 Å². The van der Waals surface area contributed by atoms with E-state index in [9.17, 15) is 26.3 Å². The van der Waals surface area contributed by atoms with Gasteiger partial charge in [-0.1, -0.05) is 12.2 Å². The SMILES string of the molecule is NCC1CC=CC2CNCC21.O=C(O)C(F)(F)F.O=C(O)C(F)(F)F. The van der Waals surface area contributed by atoms with Crippen LogP contribution in [0.25, 0.3) is 0 Å². The first-order valence-electron chi connectivity index (χ1n) is 6.98. The summed E-state index contributed by atoms with van der Waals surface area (Å²) in [6, 6.07) is 0. The minimum atomic E-state index is -5.08. The van der Waals surface area contributed by atoms with Gasteiger partial charge in [-0.3, -0.25) is 0 Å². The van der Waals surface area contributed by atoms with Crippen LogP contribution < -0.4 is 11.1 Å². The molecular weight excluding hydrogens is 362 g/mol. The molecule has 1 aliphatic carbocycles. The van der Waals surface area contributed by atoms with Crippen molar-refractivity contribution < 1.29 is 46.1 Å². The topological polar surface area (TPSA) is 113 Å². The lowest BCUT2D eigenvalue weighted by atomic mass is 9.78. The fraction of sp³-hybridized carbons (Fsp3) is 0.692. The van der Waals surface area contributed by atoms with Crippen LogP contribution in [-0.2, 0) is 9.59 Å². The molecule has 0 aromatic heterocycles. The average Bonchev–Trinajstić information content (AvgIpc) is 2.94. The normalized spacial score (nSPS) is 25.0. The number of hydrogen-bond donors (Lipinski definition) is 4. The van der Waals surface area contributed by atoms with Gasteiger partial charge in [0.25, 0.3) is 0 Å². The molecule has 1 fully saturated rings. The molecule has 0 aromatic carbocycles. The molecule has 6 nitrogen and oxygen atoms in total. The third kappa shape index (κ3) is 8.72. The van der Waals surface area contributed by atoms with Crippen LogP contribution in [0.1, 0.15) is 6.42 Å². The Balaban J connectivity index is 0.000000366. The highest BCUT2D eigenvalue weighted by molar-refractivity contribution is 5.73. The van der Waals surface area contributed by atoms with Gasteiger partial charge in [0.05, 0.1) is 0 Å². The highest BCUT2D eigenvalue weighted by Gasteiger charge is 2.38. The van der Waals surface area contributed by atoms with Gasteiger partial charge in [-0.25, -0.2) is 9.59 Å². The number of aliphatic carboxylic acids is 2. The van der Waals surface area contributed by atoms with Crippen molar-refractivity contribution in [2.45, 2.75) is 18.8 Å². The lowest BCUT2D eigenvalue weighted by Crippen LogP contribution is -2.30. The van der Waals surface area contributed by atoms with Crippen molar-refractivity contribution in [1.29, 1.82) is 0 Å². The first kappa shape index (κ1) is 23.2. The summed E-state index contributed by atoms with van der Waals surface area (Å²) < 4.78 is 63.5. The second kappa shape index (κ2) is 9.61. The van der Waals surface area contributed by atoms with Gasteiger partial charge >= 0.3 is 24.3 Å². The third-order valence-electron chi connectivity index (χ3n) is 3.53. The number of rotatable bonds is 1. The molecule has 2 aliphatic rings. The maximum Gasteiger partial charge on any atom is 0.490 e. The second-order valence-corrected chi connectivity index (χ2v) is 5.25. The van der Waals surface area contributed by atoms with Gasteiger partial charge in [0.1, 0.15) is 0 Å². The molecule has 0 spiro atoms. The first-order valence-corrected chi connectivity index (χ1v) is 6.98. The van der Waals surface area contributed by atoms with E-state index in [2.05, 4.69) is 17.5 Å². The monoisotopic (exact) mass is 380 g/mol. The van der Waals surface area contributed by atoms with Crippen molar-refractivity contribution in [2.75, 3.05) is 19.6 Å². The summed E-state index contributed by atoms with van der Waals surface area (Å²) in [5, 5.41) is 17.7. The fourth-order valence-electron chi connectivity index (χ4n) is 2.32. The first-order chi connectivity index (χ1) is 11.3. The van der Waals surface area contributed by atoms with Crippen LogP contribution in [0.5, 0.6) is 0 Å². The highest BCUT2D eigenvalue weighted by atomic mass is 19.4. The van der Waals surface area contributed by atoms with Crippen molar-refractivity contribution in [3.8, 4) is 0 Å². The Morgan fingerprint density at radius 2 is 1.48 bits per heavy atom. The molecular formula is C13H18F6N2O4. The number of nitrogens with one attached hydrogen (secondary N) is 1. The van der Waals surface area contributed by atoms with Gasteiger partial charge in [0.15, 0.2) is 0 Å². The van der Waals surface area contributed by atoms with Crippen LogP contribution in [0.4, 0.5) is 26.3 Å². The fourth-order valence-corrected chi connectivity index (χ4v) is 2.32. The number of nitrogens with two attached hydrogens (primary N) is 1. The molecule has 0 aromatic rings. The lowest BCUT2D eigenvalue weighted by Gasteiger charge is -2.27. The molecule has 5 N–H and O–H groups in total. The summed E-state index contributed by atoms with van der Waals surface area (Å²) in [6.45, 7) is 3.20. The van der Waals surface area contributed by atoms with E-state index in [1.807, 2.05) is 0 Å². The Labute approximate surface area is 138 Å². The molecule has 1 saturated heterocycles. The summed E-state index contributed by atoms with van der Waals surface area (Å²) in [5.74, 6) is -3.18. The molecule has 1 aliphatic heterocycles. The van der Waals surface area contributed by atoms with E-state index in [4.69, 9.17) is 25.5 Å². The van der Waals surface area contributed by atoms with E-state index in [1.54, 1.807) is 0 Å². The van der Waals surface area contributed by atoms with Crippen LogP contribution in [-0.4, -0.2) is 54.1 Å². The molecule has 25 heavy (non-hydrogen) atoms. The van der Waals surface area contributed by atoms with E-state index < -0.39 is 24.3 Å².